The minimum Gasteiger partial charge on any atom is -0.493 e. The molecule has 0 unspecified atom stereocenters. The summed E-state index contributed by atoms with van der Waals surface area (Å²) in [6.07, 6.45) is 3.63. The lowest BCUT2D eigenvalue weighted by Crippen LogP contribution is -2.33. The topological polar surface area (TPSA) is 98.1 Å². The van der Waals surface area contributed by atoms with Gasteiger partial charge in [0.25, 0.3) is 0 Å². The van der Waals surface area contributed by atoms with Gasteiger partial charge in [0.05, 0.1) is 36.5 Å². The molecule has 9 heteroatoms. The zero-order valence-corrected chi connectivity index (χ0v) is 18.8. The van der Waals surface area contributed by atoms with Gasteiger partial charge in [0.2, 0.25) is 11.8 Å². The first-order chi connectivity index (χ1) is 16.1. The summed E-state index contributed by atoms with van der Waals surface area (Å²) in [6, 6.07) is 16.8. The number of ether oxygens (including phenoxy) is 1. The lowest BCUT2D eigenvalue weighted by atomic mass is 10.2. The third-order valence-corrected chi connectivity index (χ3v) is 5.60. The fourth-order valence-corrected chi connectivity index (χ4v) is 4.02. The normalized spacial score (nSPS) is 10.6. The predicted octanol–water partition coefficient (Wildman–Crippen LogP) is 3.69. The summed E-state index contributed by atoms with van der Waals surface area (Å²) in [7, 11) is 0. The number of nitrogens with one attached hydrogen (secondary N) is 2. The van der Waals surface area contributed by atoms with Crippen molar-refractivity contribution in [2.75, 3.05) is 18.5 Å². The quantitative estimate of drug-likeness (QED) is 0.396. The SMILES string of the molecule is CCOc1ccccc1-c1nc(CC(=O)NCC(=O)Nc2ccc(-n3cccn3)cc2)cs1. The van der Waals surface area contributed by atoms with Crippen molar-refractivity contribution < 1.29 is 14.3 Å². The van der Waals surface area contributed by atoms with Crippen LogP contribution in [0.3, 0.4) is 0 Å². The minimum atomic E-state index is -0.306. The van der Waals surface area contributed by atoms with Gasteiger partial charge in [-0.15, -0.1) is 11.3 Å². The molecule has 4 rings (SSSR count). The summed E-state index contributed by atoms with van der Waals surface area (Å²) < 4.78 is 7.39. The number of amides is 2. The van der Waals surface area contributed by atoms with Crippen LogP contribution in [0.2, 0.25) is 0 Å². The van der Waals surface area contributed by atoms with Crippen LogP contribution in [0.15, 0.2) is 72.4 Å². The molecule has 8 nitrogen and oxygen atoms in total. The van der Waals surface area contributed by atoms with Gasteiger partial charge >= 0.3 is 0 Å². The molecule has 2 aromatic heterocycles. The molecular formula is C24H23N5O3S. The van der Waals surface area contributed by atoms with Crippen molar-refractivity contribution in [3.63, 3.8) is 0 Å². The third-order valence-electron chi connectivity index (χ3n) is 4.68. The van der Waals surface area contributed by atoms with Gasteiger partial charge in [-0.3, -0.25) is 9.59 Å². The van der Waals surface area contributed by atoms with E-state index in [0.717, 1.165) is 22.0 Å². The number of thiazole rings is 1. The molecule has 0 aliphatic carbocycles. The van der Waals surface area contributed by atoms with E-state index in [1.807, 2.05) is 61.0 Å². The molecule has 0 aliphatic rings. The van der Waals surface area contributed by atoms with E-state index >= 15 is 0 Å². The molecule has 0 atom stereocenters. The molecule has 0 bridgehead atoms. The van der Waals surface area contributed by atoms with Gasteiger partial charge in [-0.2, -0.15) is 5.10 Å². The molecule has 4 aromatic rings. The molecule has 0 spiro atoms. The summed E-state index contributed by atoms with van der Waals surface area (Å²) in [5.41, 5.74) is 3.07. The van der Waals surface area contributed by atoms with Crippen LogP contribution in [0.25, 0.3) is 16.3 Å². The van der Waals surface area contributed by atoms with Gasteiger partial charge in [-0.1, -0.05) is 12.1 Å². The van der Waals surface area contributed by atoms with Crippen molar-refractivity contribution in [3.8, 4) is 22.0 Å². The Kier molecular flexibility index (Phi) is 7.11. The molecule has 33 heavy (non-hydrogen) atoms. The van der Waals surface area contributed by atoms with E-state index in [1.165, 1.54) is 11.3 Å². The Labute approximate surface area is 195 Å². The number of hydrogen-bond acceptors (Lipinski definition) is 6. The van der Waals surface area contributed by atoms with Crippen LogP contribution in [-0.4, -0.2) is 39.7 Å². The van der Waals surface area contributed by atoms with Crippen molar-refractivity contribution >= 4 is 28.8 Å². The minimum absolute atomic E-state index is 0.0964. The third kappa shape index (κ3) is 5.83. The molecule has 0 radical (unpaired) electrons. The fourth-order valence-electron chi connectivity index (χ4n) is 3.17. The van der Waals surface area contributed by atoms with Crippen LogP contribution in [0.5, 0.6) is 5.75 Å². The maximum atomic E-state index is 12.3. The molecule has 0 fully saturated rings. The second kappa shape index (κ2) is 10.6. The summed E-state index contributed by atoms with van der Waals surface area (Å²) in [5, 5.41) is 12.2. The first-order valence-corrected chi connectivity index (χ1v) is 11.3. The van der Waals surface area contributed by atoms with Gasteiger partial charge in [0.15, 0.2) is 0 Å². The van der Waals surface area contributed by atoms with Crippen molar-refractivity contribution in [2.24, 2.45) is 0 Å². The highest BCUT2D eigenvalue weighted by atomic mass is 32.1. The number of carbonyl (C=O) groups is 2. The van der Waals surface area contributed by atoms with E-state index in [0.29, 0.717) is 18.0 Å². The Balaban J connectivity index is 1.27. The second-order valence-electron chi connectivity index (χ2n) is 7.07. The highest BCUT2D eigenvalue weighted by Crippen LogP contribution is 2.32. The van der Waals surface area contributed by atoms with Crippen molar-refractivity contribution in [1.82, 2.24) is 20.1 Å². The Bertz CT molecular complexity index is 1220. The van der Waals surface area contributed by atoms with E-state index in [9.17, 15) is 9.59 Å². The van der Waals surface area contributed by atoms with Crippen LogP contribution in [0.4, 0.5) is 5.69 Å². The number of para-hydroxylation sites is 1. The maximum absolute atomic E-state index is 12.3. The zero-order chi connectivity index (χ0) is 23.0. The van der Waals surface area contributed by atoms with Gasteiger partial charge in [-0.25, -0.2) is 9.67 Å². The molecule has 0 saturated heterocycles. The summed E-state index contributed by atoms with van der Waals surface area (Å²) in [6.45, 7) is 2.37. The predicted molar refractivity (Wildman–Crippen MR) is 128 cm³/mol. The van der Waals surface area contributed by atoms with E-state index in [4.69, 9.17) is 4.74 Å². The van der Waals surface area contributed by atoms with Crippen molar-refractivity contribution in [3.05, 3.63) is 78.1 Å². The number of benzene rings is 2. The fraction of sp³-hybridized carbons (Fsp3) is 0.167. The van der Waals surface area contributed by atoms with Gasteiger partial charge in [-0.05, 0) is 49.4 Å². The smallest absolute Gasteiger partial charge is 0.243 e. The van der Waals surface area contributed by atoms with E-state index < -0.39 is 0 Å². The molecule has 168 valence electrons. The number of hydrogen-bond donors (Lipinski definition) is 2. The Morgan fingerprint density at radius 1 is 1.06 bits per heavy atom. The zero-order valence-electron chi connectivity index (χ0n) is 18.0. The number of rotatable bonds is 9. The first kappa shape index (κ1) is 22.2. The standard InChI is InChI=1S/C24H23N5O3S/c1-2-32-21-7-4-3-6-20(21)24-28-18(16-33-24)14-22(30)25-15-23(31)27-17-8-10-19(11-9-17)29-13-5-12-26-29/h3-13,16H,2,14-15H2,1H3,(H,25,30)(H,27,31). The Morgan fingerprint density at radius 2 is 1.88 bits per heavy atom. The first-order valence-electron chi connectivity index (χ1n) is 10.5. The summed E-state index contributed by atoms with van der Waals surface area (Å²) >= 11 is 1.45. The number of anilines is 1. The van der Waals surface area contributed by atoms with Crippen molar-refractivity contribution in [2.45, 2.75) is 13.3 Å². The molecular weight excluding hydrogens is 438 g/mol. The molecule has 2 aromatic carbocycles. The maximum Gasteiger partial charge on any atom is 0.243 e. The number of aromatic nitrogens is 3. The molecule has 0 saturated carbocycles. The average molecular weight is 462 g/mol. The van der Waals surface area contributed by atoms with E-state index in [-0.39, 0.29) is 24.8 Å². The number of carbonyl (C=O) groups excluding carboxylic acids is 2. The highest BCUT2D eigenvalue weighted by Gasteiger charge is 2.13. The monoisotopic (exact) mass is 461 g/mol. The van der Waals surface area contributed by atoms with Crippen molar-refractivity contribution in [1.29, 1.82) is 0 Å². The molecule has 2 heterocycles. The van der Waals surface area contributed by atoms with E-state index in [1.54, 1.807) is 23.0 Å². The summed E-state index contributed by atoms with van der Waals surface area (Å²) in [4.78, 5) is 29.1. The molecule has 2 amide bonds. The van der Waals surface area contributed by atoms with Gasteiger partial charge < -0.3 is 15.4 Å². The number of nitrogens with zero attached hydrogens (tertiary/aromatic N) is 3. The van der Waals surface area contributed by atoms with Crippen LogP contribution >= 0.6 is 11.3 Å². The lowest BCUT2D eigenvalue weighted by Gasteiger charge is -2.08. The van der Waals surface area contributed by atoms with Crippen LogP contribution < -0.4 is 15.4 Å². The molecule has 0 aliphatic heterocycles. The average Bonchev–Trinajstić information content (AvgIpc) is 3.52. The van der Waals surface area contributed by atoms with Crippen LogP contribution in [0.1, 0.15) is 12.6 Å². The van der Waals surface area contributed by atoms with Gasteiger partial charge in [0, 0.05) is 23.5 Å². The summed E-state index contributed by atoms with van der Waals surface area (Å²) in [5.74, 6) is 0.189. The largest absolute Gasteiger partial charge is 0.493 e. The Morgan fingerprint density at radius 3 is 2.64 bits per heavy atom. The van der Waals surface area contributed by atoms with Crippen LogP contribution in [-0.2, 0) is 16.0 Å². The highest BCUT2D eigenvalue weighted by molar-refractivity contribution is 7.13. The van der Waals surface area contributed by atoms with Crippen LogP contribution in [0, 0.1) is 0 Å². The van der Waals surface area contributed by atoms with Gasteiger partial charge in [0.1, 0.15) is 10.8 Å². The van der Waals surface area contributed by atoms with E-state index in [2.05, 4.69) is 20.7 Å². The second-order valence-corrected chi connectivity index (χ2v) is 7.93. The lowest BCUT2D eigenvalue weighted by molar-refractivity contribution is -0.123. The Hall–Kier alpha value is -3.98. The molecule has 2 N–H and O–H groups in total.